The molecule has 22 heavy (non-hydrogen) atoms. The van der Waals surface area contributed by atoms with Gasteiger partial charge in [0.2, 0.25) is 0 Å². The van der Waals surface area contributed by atoms with Crippen molar-refractivity contribution in [3.63, 3.8) is 0 Å². The van der Waals surface area contributed by atoms with Gasteiger partial charge in [0.1, 0.15) is 5.82 Å². The Balaban J connectivity index is 1.58. The lowest BCUT2D eigenvalue weighted by molar-refractivity contribution is -0.176. The van der Waals surface area contributed by atoms with Gasteiger partial charge in [0.15, 0.2) is 6.29 Å². The van der Waals surface area contributed by atoms with E-state index in [0.717, 1.165) is 17.7 Å². The van der Waals surface area contributed by atoms with Crippen LogP contribution in [0, 0.1) is 5.82 Å². The highest BCUT2D eigenvalue weighted by molar-refractivity contribution is 5.20. The molecule has 0 bridgehead atoms. The molecular formula is C18H20FNO2. The maximum atomic E-state index is 13.2. The van der Waals surface area contributed by atoms with Crippen molar-refractivity contribution in [2.24, 2.45) is 0 Å². The summed E-state index contributed by atoms with van der Waals surface area (Å²) in [4.78, 5) is 0. The van der Waals surface area contributed by atoms with Gasteiger partial charge >= 0.3 is 0 Å². The van der Waals surface area contributed by atoms with Crippen molar-refractivity contribution in [2.75, 3.05) is 19.8 Å². The zero-order valence-electron chi connectivity index (χ0n) is 12.4. The minimum Gasteiger partial charge on any atom is -0.350 e. The molecule has 1 N–H and O–H groups in total. The van der Waals surface area contributed by atoms with Crippen molar-refractivity contribution < 1.29 is 13.9 Å². The molecule has 1 fully saturated rings. The zero-order chi connectivity index (χ0) is 15.2. The third kappa shape index (κ3) is 3.91. The van der Waals surface area contributed by atoms with Gasteiger partial charge in [-0.25, -0.2) is 4.39 Å². The van der Waals surface area contributed by atoms with Gasteiger partial charge in [-0.05, 0) is 29.7 Å². The van der Waals surface area contributed by atoms with Crippen molar-refractivity contribution in [1.29, 1.82) is 0 Å². The van der Waals surface area contributed by atoms with Crippen LogP contribution in [0.1, 0.15) is 17.2 Å². The monoisotopic (exact) mass is 301 g/mol. The van der Waals surface area contributed by atoms with E-state index in [0.29, 0.717) is 19.6 Å². The van der Waals surface area contributed by atoms with Gasteiger partial charge in [0.25, 0.3) is 0 Å². The van der Waals surface area contributed by atoms with E-state index in [1.807, 2.05) is 24.3 Å². The van der Waals surface area contributed by atoms with E-state index in [1.54, 1.807) is 6.07 Å². The molecule has 0 amide bonds. The van der Waals surface area contributed by atoms with Gasteiger partial charge in [-0.1, -0.05) is 42.5 Å². The standard InChI is InChI=1S/C18H20FNO2/c19-16-8-4-5-14(13-16)9-11-21-18-17(20-10-12-22-18)15-6-2-1-3-7-15/h1-8,13,17-18,20H,9-12H2/t17-,18+/m0/s1. The summed E-state index contributed by atoms with van der Waals surface area (Å²) in [5, 5.41) is 3.43. The SMILES string of the molecule is Fc1cccc(CCO[C@@H]2OCCN[C@H]2c2ccccc2)c1. The summed E-state index contributed by atoms with van der Waals surface area (Å²) >= 11 is 0. The quantitative estimate of drug-likeness (QED) is 0.920. The van der Waals surface area contributed by atoms with Crippen LogP contribution < -0.4 is 5.32 Å². The molecule has 116 valence electrons. The first-order valence-corrected chi connectivity index (χ1v) is 7.59. The summed E-state index contributed by atoms with van der Waals surface area (Å²) in [5.74, 6) is -0.213. The zero-order valence-corrected chi connectivity index (χ0v) is 12.4. The van der Waals surface area contributed by atoms with Crippen LogP contribution in [0.3, 0.4) is 0 Å². The second-order valence-corrected chi connectivity index (χ2v) is 5.33. The van der Waals surface area contributed by atoms with Crippen LogP contribution in [0.2, 0.25) is 0 Å². The average molecular weight is 301 g/mol. The molecule has 1 aliphatic heterocycles. The van der Waals surface area contributed by atoms with Gasteiger partial charge in [0, 0.05) is 6.54 Å². The number of ether oxygens (including phenoxy) is 2. The molecule has 3 nitrogen and oxygen atoms in total. The minimum atomic E-state index is -0.315. The minimum absolute atomic E-state index is 0.0301. The number of hydrogen-bond acceptors (Lipinski definition) is 3. The average Bonchev–Trinajstić information content (AvgIpc) is 2.56. The molecule has 3 rings (SSSR count). The first-order chi connectivity index (χ1) is 10.8. The fraction of sp³-hybridized carbons (Fsp3) is 0.333. The normalized spacial score (nSPS) is 21.7. The summed E-state index contributed by atoms with van der Waals surface area (Å²) in [6, 6.07) is 16.8. The number of nitrogens with one attached hydrogen (secondary N) is 1. The molecule has 2 aromatic rings. The number of morpholine rings is 1. The molecule has 0 radical (unpaired) electrons. The maximum absolute atomic E-state index is 13.2. The molecule has 0 saturated carbocycles. The Morgan fingerprint density at radius 1 is 1.14 bits per heavy atom. The molecule has 2 atom stereocenters. The lowest BCUT2D eigenvalue weighted by Gasteiger charge is -2.32. The Bertz CT molecular complexity index is 591. The maximum Gasteiger partial charge on any atom is 0.176 e. The van der Waals surface area contributed by atoms with Crippen molar-refractivity contribution in [3.8, 4) is 0 Å². The van der Waals surface area contributed by atoms with Gasteiger partial charge in [-0.3, -0.25) is 0 Å². The highest BCUT2D eigenvalue weighted by atomic mass is 19.1. The Kier molecular flexibility index (Phi) is 5.16. The fourth-order valence-electron chi connectivity index (χ4n) is 2.65. The number of halogens is 1. The van der Waals surface area contributed by atoms with E-state index >= 15 is 0 Å². The highest BCUT2D eigenvalue weighted by Gasteiger charge is 2.27. The van der Waals surface area contributed by atoms with Crippen LogP contribution in [-0.4, -0.2) is 26.0 Å². The molecule has 0 spiro atoms. The van der Waals surface area contributed by atoms with E-state index in [4.69, 9.17) is 9.47 Å². The molecule has 4 heteroatoms. The summed E-state index contributed by atoms with van der Waals surface area (Å²) in [5.41, 5.74) is 2.08. The van der Waals surface area contributed by atoms with Gasteiger partial charge in [0.05, 0.1) is 19.3 Å². The van der Waals surface area contributed by atoms with Crippen LogP contribution in [0.5, 0.6) is 0 Å². The van der Waals surface area contributed by atoms with Crippen LogP contribution in [0.25, 0.3) is 0 Å². The number of benzene rings is 2. The predicted molar refractivity (Wildman–Crippen MR) is 83.0 cm³/mol. The lowest BCUT2D eigenvalue weighted by Crippen LogP contribution is -2.43. The molecular weight excluding hydrogens is 281 g/mol. The Morgan fingerprint density at radius 2 is 2.00 bits per heavy atom. The molecule has 2 aromatic carbocycles. The predicted octanol–water partition coefficient (Wildman–Crippen LogP) is 3.07. The van der Waals surface area contributed by atoms with Crippen molar-refractivity contribution >= 4 is 0 Å². The van der Waals surface area contributed by atoms with Crippen molar-refractivity contribution in [3.05, 3.63) is 71.5 Å². The molecule has 1 aliphatic rings. The van der Waals surface area contributed by atoms with Gasteiger partial charge < -0.3 is 14.8 Å². The Morgan fingerprint density at radius 3 is 2.82 bits per heavy atom. The summed E-state index contributed by atoms with van der Waals surface area (Å²) in [7, 11) is 0. The largest absolute Gasteiger partial charge is 0.350 e. The van der Waals surface area contributed by atoms with Gasteiger partial charge in [-0.15, -0.1) is 0 Å². The summed E-state index contributed by atoms with van der Waals surface area (Å²) < 4.78 is 24.8. The smallest absolute Gasteiger partial charge is 0.176 e. The molecule has 1 heterocycles. The molecule has 0 aliphatic carbocycles. The Labute approximate surface area is 130 Å². The molecule has 1 saturated heterocycles. The fourth-order valence-corrected chi connectivity index (χ4v) is 2.65. The lowest BCUT2D eigenvalue weighted by atomic mass is 10.1. The van der Waals surface area contributed by atoms with E-state index in [-0.39, 0.29) is 18.1 Å². The number of hydrogen-bond donors (Lipinski definition) is 1. The molecule has 0 unspecified atom stereocenters. The Hall–Kier alpha value is -1.75. The summed E-state index contributed by atoms with van der Waals surface area (Å²) in [6.45, 7) is 1.94. The molecule has 0 aromatic heterocycles. The van der Waals surface area contributed by atoms with Crippen LogP contribution in [0.4, 0.5) is 4.39 Å². The van der Waals surface area contributed by atoms with Gasteiger partial charge in [-0.2, -0.15) is 0 Å². The first kappa shape index (κ1) is 15.2. The van der Waals surface area contributed by atoms with Crippen molar-refractivity contribution in [1.82, 2.24) is 5.32 Å². The van der Waals surface area contributed by atoms with Crippen LogP contribution in [0.15, 0.2) is 54.6 Å². The van der Waals surface area contributed by atoms with E-state index < -0.39 is 0 Å². The second-order valence-electron chi connectivity index (χ2n) is 5.33. The number of rotatable bonds is 5. The first-order valence-electron chi connectivity index (χ1n) is 7.59. The van der Waals surface area contributed by atoms with Crippen LogP contribution in [-0.2, 0) is 15.9 Å². The van der Waals surface area contributed by atoms with Crippen molar-refractivity contribution in [2.45, 2.75) is 18.8 Å². The third-order valence-electron chi connectivity index (χ3n) is 3.74. The van der Waals surface area contributed by atoms with E-state index in [9.17, 15) is 4.39 Å². The van der Waals surface area contributed by atoms with E-state index in [2.05, 4.69) is 17.4 Å². The van der Waals surface area contributed by atoms with E-state index in [1.165, 1.54) is 12.1 Å². The third-order valence-corrected chi connectivity index (χ3v) is 3.74. The highest BCUT2D eigenvalue weighted by Crippen LogP contribution is 2.22. The topological polar surface area (TPSA) is 30.5 Å². The second kappa shape index (κ2) is 7.49. The van der Waals surface area contributed by atoms with Crippen LogP contribution >= 0.6 is 0 Å². The summed E-state index contributed by atoms with van der Waals surface area (Å²) in [6.07, 6.45) is 0.351.